The van der Waals surface area contributed by atoms with Crippen LogP contribution in [0.25, 0.3) is 0 Å². The average Bonchev–Trinajstić information content (AvgIpc) is 2.41. The van der Waals surface area contributed by atoms with Crippen molar-refractivity contribution in [2.75, 3.05) is 13.7 Å². The molecule has 7 heteroatoms. The highest BCUT2D eigenvalue weighted by Gasteiger charge is 2.35. The first-order chi connectivity index (χ1) is 10.7. The number of aliphatic hydroxyl groups is 1. The molecule has 0 spiro atoms. The molecule has 0 radical (unpaired) electrons. The number of aliphatic imine (C=N–C) groups is 1. The van der Waals surface area contributed by atoms with Crippen molar-refractivity contribution in [1.82, 2.24) is 0 Å². The Morgan fingerprint density at radius 2 is 1.87 bits per heavy atom. The number of allylic oxidation sites excluding steroid dienone is 2. The van der Waals surface area contributed by atoms with Gasteiger partial charge in [0.1, 0.15) is 5.76 Å². The Hall–Kier alpha value is -2.18. The van der Waals surface area contributed by atoms with E-state index in [1.54, 1.807) is 0 Å². The van der Waals surface area contributed by atoms with E-state index in [4.69, 9.17) is 5.11 Å². The van der Waals surface area contributed by atoms with Gasteiger partial charge in [-0.1, -0.05) is 13.8 Å². The van der Waals surface area contributed by atoms with Crippen molar-refractivity contribution in [3.8, 4) is 0 Å². The first-order valence-corrected chi connectivity index (χ1v) is 7.44. The highest BCUT2D eigenvalue weighted by atomic mass is 16.5. The highest BCUT2D eigenvalue weighted by molar-refractivity contribution is 6.23. The number of carbonyl (C=O) groups is 3. The maximum absolute atomic E-state index is 12.3. The second kappa shape index (κ2) is 7.89. The zero-order chi connectivity index (χ0) is 17.6. The molecule has 0 saturated carbocycles. The van der Waals surface area contributed by atoms with E-state index in [1.165, 1.54) is 7.11 Å². The van der Waals surface area contributed by atoms with Gasteiger partial charge in [-0.05, 0) is 5.41 Å². The van der Waals surface area contributed by atoms with E-state index in [9.17, 15) is 19.5 Å². The zero-order valence-electron chi connectivity index (χ0n) is 13.7. The van der Waals surface area contributed by atoms with E-state index < -0.39 is 11.9 Å². The van der Waals surface area contributed by atoms with Crippen LogP contribution >= 0.6 is 0 Å². The molecule has 0 fully saturated rings. The lowest BCUT2D eigenvalue weighted by molar-refractivity contribution is -0.140. The van der Waals surface area contributed by atoms with Crippen molar-refractivity contribution in [3.05, 3.63) is 11.3 Å². The van der Waals surface area contributed by atoms with Crippen LogP contribution in [0.4, 0.5) is 0 Å². The van der Waals surface area contributed by atoms with Crippen molar-refractivity contribution in [1.29, 1.82) is 0 Å². The molecule has 0 unspecified atom stereocenters. The minimum Gasteiger partial charge on any atom is -0.511 e. The molecule has 1 rings (SSSR count). The summed E-state index contributed by atoms with van der Waals surface area (Å²) in [5.74, 6) is -1.75. The summed E-state index contributed by atoms with van der Waals surface area (Å²) < 4.78 is 4.57. The lowest BCUT2D eigenvalue weighted by atomic mass is 9.75. The molecule has 2 N–H and O–H groups in total. The second-order valence-corrected chi connectivity index (χ2v) is 6.31. The molecular formula is C16H23NO6. The predicted molar refractivity (Wildman–Crippen MR) is 83.5 cm³/mol. The van der Waals surface area contributed by atoms with Gasteiger partial charge in [-0.3, -0.25) is 19.4 Å². The highest BCUT2D eigenvalue weighted by Crippen LogP contribution is 2.36. The number of hydrogen-bond acceptors (Lipinski definition) is 6. The number of Topliss-reactive ketones (excluding diaryl/α,β-unsaturated/α-hetero) is 1. The Bertz CT molecular complexity index is 559. The smallest absolute Gasteiger partial charge is 0.305 e. The van der Waals surface area contributed by atoms with Gasteiger partial charge in [0, 0.05) is 31.5 Å². The summed E-state index contributed by atoms with van der Waals surface area (Å²) in [4.78, 5) is 38.4. The maximum Gasteiger partial charge on any atom is 0.305 e. The van der Waals surface area contributed by atoms with Crippen molar-refractivity contribution in [3.63, 3.8) is 0 Å². The van der Waals surface area contributed by atoms with Gasteiger partial charge in [0.15, 0.2) is 5.78 Å². The average molecular weight is 325 g/mol. The van der Waals surface area contributed by atoms with E-state index in [1.807, 2.05) is 13.8 Å². The number of ketones is 1. The lowest BCUT2D eigenvalue weighted by Gasteiger charge is -2.30. The third-order valence-corrected chi connectivity index (χ3v) is 3.56. The van der Waals surface area contributed by atoms with E-state index in [0.29, 0.717) is 6.42 Å². The summed E-state index contributed by atoms with van der Waals surface area (Å²) in [6, 6.07) is 0. The molecule has 0 amide bonds. The molecule has 0 aromatic heterocycles. The van der Waals surface area contributed by atoms with Crippen LogP contribution in [0.5, 0.6) is 0 Å². The molecule has 0 heterocycles. The van der Waals surface area contributed by atoms with Gasteiger partial charge >= 0.3 is 11.9 Å². The molecule has 0 aromatic rings. The van der Waals surface area contributed by atoms with Crippen LogP contribution < -0.4 is 0 Å². The summed E-state index contributed by atoms with van der Waals surface area (Å²) >= 11 is 0. The molecule has 1 aliphatic rings. The molecular weight excluding hydrogens is 302 g/mol. The fourth-order valence-corrected chi connectivity index (χ4v) is 2.51. The number of aliphatic hydroxyl groups excluding tert-OH is 1. The van der Waals surface area contributed by atoms with E-state index in [-0.39, 0.29) is 60.5 Å². The Labute approximate surface area is 135 Å². The minimum atomic E-state index is -1.00. The SMILES string of the molecule is COC(=O)CCC(=NCCC(=O)O)C1=C(O)CC(C)(C)CC1=O. The zero-order valence-corrected chi connectivity index (χ0v) is 13.7. The van der Waals surface area contributed by atoms with Gasteiger partial charge < -0.3 is 14.9 Å². The number of esters is 1. The first kappa shape index (κ1) is 18.9. The molecule has 0 aromatic carbocycles. The van der Waals surface area contributed by atoms with E-state index >= 15 is 0 Å². The number of ether oxygens (including phenoxy) is 1. The molecule has 0 aliphatic heterocycles. The summed E-state index contributed by atoms with van der Waals surface area (Å²) in [5, 5.41) is 18.9. The largest absolute Gasteiger partial charge is 0.511 e. The summed E-state index contributed by atoms with van der Waals surface area (Å²) in [6.07, 6.45) is 0.552. The monoisotopic (exact) mass is 325 g/mol. The number of methoxy groups -OCH3 is 1. The standard InChI is InChI=1S/C16H23NO6/c1-16(2)8-11(18)15(12(19)9-16)10(4-5-14(22)23-3)17-7-6-13(20)21/h18H,4-9H2,1-3H3,(H,20,21). The van der Waals surface area contributed by atoms with Crippen molar-refractivity contribution in [2.24, 2.45) is 10.4 Å². The number of nitrogens with zero attached hydrogens (tertiary/aromatic N) is 1. The third-order valence-electron chi connectivity index (χ3n) is 3.56. The van der Waals surface area contributed by atoms with Gasteiger partial charge in [-0.2, -0.15) is 0 Å². The quantitative estimate of drug-likeness (QED) is 0.547. The Balaban J connectivity index is 3.04. The van der Waals surface area contributed by atoms with Gasteiger partial charge in [0.25, 0.3) is 0 Å². The fraction of sp³-hybridized carbons (Fsp3) is 0.625. The minimum absolute atomic E-state index is 0.00978. The van der Waals surface area contributed by atoms with Crippen LogP contribution in [0, 0.1) is 5.41 Å². The second-order valence-electron chi connectivity index (χ2n) is 6.31. The molecule has 0 saturated heterocycles. The molecule has 1 aliphatic carbocycles. The topological polar surface area (TPSA) is 113 Å². The fourth-order valence-electron chi connectivity index (χ4n) is 2.51. The van der Waals surface area contributed by atoms with Crippen LogP contribution in [0.15, 0.2) is 16.3 Å². The van der Waals surface area contributed by atoms with Crippen LogP contribution in [-0.2, 0) is 19.1 Å². The van der Waals surface area contributed by atoms with Crippen LogP contribution in [0.1, 0.15) is 46.0 Å². The summed E-state index contributed by atoms with van der Waals surface area (Å²) in [5.41, 5.74) is 0.0624. The van der Waals surface area contributed by atoms with Crippen LogP contribution in [0.2, 0.25) is 0 Å². The molecule has 128 valence electrons. The molecule has 0 bridgehead atoms. The number of aliphatic carboxylic acids is 1. The van der Waals surface area contributed by atoms with Gasteiger partial charge in [0.05, 0.1) is 25.5 Å². The van der Waals surface area contributed by atoms with E-state index in [2.05, 4.69) is 9.73 Å². The first-order valence-electron chi connectivity index (χ1n) is 7.44. The summed E-state index contributed by atoms with van der Waals surface area (Å²) in [7, 11) is 1.26. The normalized spacial score (nSPS) is 18.0. The lowest BCUT2D eigenvalue weighted by Crippen LogP contribution is -2.29. The van der Waals surface area contributed by atoms with Crippen LogP contribution in [0.3, 0.4) is 0 Å². The van der Waals surface area contributed by atoms with Crippen molar-refractivity contribution >= 4 is 23.4 Å². The van der Waals surface area contributed by atoms with Crippen LogP contribution in [-0.4, -0.2) is 47.3 Å². The van der Waals surface area contributed by atoms with Crippen molar-refractivity contribution < 1.29 is 29.3 Å². The van der Waals surface area contributed by atoms with Gasteiger partial charge in [-0.25, -0.2) is 0 Å². The molecule has 7 nitrogen and oxygen atoms in total. The number of rotatable bonds is 7. The molecule has 23 heavy (non-hydrogen) atoms. The number of carboxylic acids is 1. The summed E-state index contributed by atoms with van der Waals surface area (Å²) in [6.45, 7) is 3.75. The number of carboxylic acid groups (broad SMARTS) is 1. The Morgan fingerprint density at radius 1 is 1.22 bits per heavy atom. The maximum atomic E-state index is 12.3. The van der Waals surface area contributed by atoms with Crippen molar-refractivity contribution in [2.45, 2.75) is 46.0 Å². The van der Waals surface area contributed by atoms with E-state index in [0.717, 1.165) is 0 Å². The Kier molecular flexibility index (Phi) is 6.48. The van der Waals surface area contributed by atoms with Gasteiger partial charge in [-0.15, -0.1) is 0 Å². The van der Waals surface area contributed by atoms with Gasteiger partial charge in [0.2, 0.25) is 0 Å². The Morgan fingerprint density at radius 3 is 2.39 bits per heavy atom. The molecule has 0 atom stereocenters. The third kappa shape index (κ3) is 5.84. The number of hydrogen-bond donors (Lipinski definition) is 2. The number of carbonyl (C=O) groups excluding carboxylic acids is 2. The predicted octanol–water partition coefficient (Wildman–Crippen LogP) is 2.06.